The fourth-order valence-electron chi connectivity index (χ4n) is 3.16. The van der Waals surface area contributed by atoms with Gasteiger partial charge in [-0.3, -0.25) is 4.79 Å². The lowest BCUT2D eigenvalue weighted by Crippen LogP contribution is -2.35. The van der Waals surface area contributed by atoms with E-state index in [1.807, 2.05) is 24.8 Å². The summed E-state index contributed by atoms with van der Waals surface area (Å²) in [6.07, 6.45) is 0.791. The van der Waals surface area contributed by atoms with Gasteiger partial charge in [-0.15, -0.1) is 11.3 Å². The van der Waals surface area contributed by atoms with Crippen LogP contribution in [0.5, 0.6) is 0 Å². The predicted octanol–water partition coefficient (Wildman–Crippen LogP) is 3.58. The normalized spacial score (nSPS) is 14.3. The van der Waals surface area contributed by atoms with Crippen molar-refractivity contribution in [3.05, 3.63) is 50.9 Å². The molecule has 0 radical (unpaired) electrons. The minimum atomic E-state index is -0.293. The third-order valence-electron chi connectivity index (χ3n) is 4.27. The number of H-pyrrole nitrogens is 1. The molecular weight excluding hydrogens is 313 g/mol. The van der Waals surface area contributed by atoms with E-state index >= 15 is 0 Å². The number of carbonyl (C=O) groups excluding carboxylic acids is 1. The van der Waals surface area contributed by atoms with E-state index in [2.05, 4.69) is 9.97 Å². The fourth-order valence-corrected chi connectivity index (χ4v) is 4.16. The predicted molar refractivity (Wildman–Crippen MR) is 88.3 cm³/mol. The van der Waals surface area contributed by atoms with Gasteiger partial charge in [-0.05, 0) is 37.6 Å². The van der Waals surface area contributed by atoms with Crippen LogP contribution in [0.1, 0.15) is 31.6 Å². The molecule has 0 atom stereocenters. The number of nitrogens with zero attached hydrogens (tertiary/aromatic N) is 2. The monoisotopic (exact) mass is 329 g/mol. The lowest BCUT2D eigenvalue weighted by molar-refractivity contribution is 0.0731. The number of amides is 1. The van der Waals surface area contributed by atoms with Gasteiger partial charge < -0.3 is 9.88 Å². The molecule has 1 aromatic carbocycles. The summed E-state index contributed by atoms with van der Waals surface area (Å²) < 4.78 is 13.5. The lowest BCUT2D eigenvalue weighted by atomic mass is 10.1. The Morgan fingerprint density at radius 2 is 2.17 bits per heavy atom. The van der Waals surface area contributed by atoms with Crippen molar-refractivity contribution in [1.29, 1.82) is 0 Å². The number of carbonyl (C=O) groups is 1. The number of aryl methyl sites for hydroxylation is 2. The van der Waals surface area contributed by atoms with Crippen LogP contribution in [-0.4, -0.2) is 27.3 Å². The van der Waals surface area contributed by atoms with Gasteiger partial charge in [0.15, 0.2) is 0 Å². The number of hydrogen-bond acceptors (Lipinski definition) is 3. The maximum Gasteiger partial charge on any atom is 0.270 e. The quantitative estimate of drug-likeness (QED) is 0.742. The first-order valence-electron chi connectivity index (χ1n) is 7.54. The smallest absolute Gasteiger partial charge is 0.270 e. The maximum atomic E-state index is 13.5. The minimum Gasteiger partial charge on any atom is -0.350 e. The molecule has 1 aliphatic heterocycles. The fraction of sp³-hybridized carbons (Fsp3) is 0.294. The highest BCUT2D eigenvalue weighted by Crippen LogP contribution is 2.27. The summed E-state index contributed by atoms with van der Waals surface area (Å²) in [6.45, 7) is 5.10. The molecule has 1 N–H and O–H groups in total. The molecule has 118 valence electrons. The van der Waals surface area contributed by atoms with Gasteiger partial charge in [0.1, 0.15) is 11.5 Å². The van der Waals surface area contributed by atoms with Crippen molar-refractivity contribution >= 4 is 28.1 Å². The highest BCUT2D eigenvalue weighted by molar-refractivity contribution is 7.11. The number of nitrogens with one attached hydrogen (secondary N) is 1. The van der Waals surface area contributed by atoms with Crippen molar-refractivity contribution in [1.82, 2.24) is 14.9 Å². The third kappa shape index (κ3) is 2.43. The van der Waals surface area contributed by atoms with Crippen molar-refractivity contribution < 1.29 is 9.18 Å². The molecule has 4 nitrogen and oxygen atoms in total. The summed E-state index contributed by atoms with van der Waals surface area (Å²) in [6, 6.07) is 4.73. The van der Waals surface area contributed by atoms with E-state index in [0.29, 0.717) is 24.3 Å². The van der Waals surface area contributed by atoms with Crippen LogP contribution in [0.15, 0.2) is 18.2 Å². The second kappa shape index (κ2) is 5.16. The molecule has 2 aromatic heterocycles. The molecule has 0 saturated heterocycles. The van der Waals surface area contributed by atoms with Crippen LogP contribution in [0.2, 0.25) is 0 Å². The van der Waals surface area contributed by atoms with Gasteiger partial charge in [0, 0.05) is 28.7 Å². The Labute approximate surface area is 137 Å². The third-order valence-corrected chi connectivity index (χ3v) is 5.26. The zero-order chi connectivity index (χ0) is 16.1. The van der Waals surface area contributed by atoms with Crippen molar-refractivity contribution in [3.8, 4) is 0 Å². The zero-order valence-corrected chi connectivity index (χ0v) is 13.8. The maximum absolute atomic E-state index is 13.5. The Morgan fingerprint density at radius 1 is 1.35 bits per heavy atom. The topological polar surface area (TPSA) is 49.0 Å². The summed E-state index contributed by atoms with van der Waals surface area (Å²) in [5, 5.41) is 1.93. The summed E-state index contributed by atoms with van der Waals surface area (Å²) in [5.41, 5.74) is 3.12. The Bertz CT molecular complexity index is 927. The van der Waals surface area contributed by atoms with Gasteiger partial charge >= 0.3 is 0 Å². The first kappa shape index (κ1) is 14.4. The Kier molecular flexibility index (Phi) is 3.23. The van der Waals surface area contributed by atoms with Gasteiger partial charge in [-0.1, -0.05) is 0 Å². The molecule has 4 rings (SSSR count). The molecule has 0 aliphatic carbocycles. The van der Waals surface area contributed by atoms with Gasteiger partial charge in [-0.25, -0.2) is 9.37 Å². The van der Waals surface area contributed by atoms with E-state index in [1.165, 1.54) is 17.0 Å². The molecule has 0 fully saturated rings. The molecule has 3 aromatic rings. The average molecular weight is 329 g/mol. The molecule has 0 spiro atoms. The summed E-state index contributed by atoms with van der Waals surface area (Å²) >= 11 is 1.65. The molecule has 1 aliphatic rings. The molecule has 6 heteroatoms. The average Bonchev–Trinajstić information content (AvgIpc) is 3.07. The van der Waals surface area contributed by atoms with E-state index in [9.17, 15) is 9.18 Å². The Morgan fingerprint density at radius 3 is 3.00 bits per heavy atom. The number of halogens is 1. The number of thiazole rings is 1. The molecule has 0 unspecified atom stereocenters. The lowest BCUT2D eigenvalue weighted by Gasteiger charge is -2.25. The molecule has 23 heavy (non-hydrogen) atoms. The number of aromatic amines is 1. The second-order valence-electron chi connectivity index (χ2n) is 5.95. The van der Waals surface area contributed by atoms with Gasteiger partial charge in [0.25, 0.3) is 5.91 Å². The largest absolute Gasteiger partial charge is 0.350 e. The van der Waals surface area contributed by atoms with Crippen LogP contribution < -0.4 is 0 Å². The molecule has 0 saturated carbocycles. The highest BCUT2D eigenvalue weighted by Gasteiger charge is 2.25. The van der Waals surface area contributed by atoms with E-state index < -0.39 is 0 Å². The van der Waals surface area contributed by atoms with Crippen LogP contribution in [0.4, 0.5) is 4.39 Å². The highest BCUT2D eigenvalue weighted by atomic mass is 32.1. The van der Waals surface area contributed by atoms with Crippen LogP contribution in [-0.2, 0) is 13.0 Å². The summed E-state index contributed by atoms with van der Waals surface area (Å²) in [7, 11) is 0. The van der Waals surface area contributed by atoms with Crippen LogP contribution in [0.3, 0.4) is 0 Å². The van der Waals surface area contributed by atoms with Crippen LogP contribution in [0, 0.1) is 19.7 Å². The van der Waals surface area contributed by atoms with E-state index in [0.717, 1.165) is 28.1 Å². The minimum absolute atomic E-state index is 0.0438. The SMILES string of the molecule is Cc1nc2c(s1)CN(C(=O)c1cc3c(C)cc(F)cc3[nH]1)CC2. The van der Waals surface area contributed by atoms with Gasteiger partial charge in [0.2, 0.25) is 0 Å². The number of fused-ring (bicyclic) bond motifs is 2. The van der Waals surface area contributed by atoms with Crippen molar-refractivity contribution in [2.45, 2.75) is 26.8 Å². The first-order valence-corrected chi connectivity index (χ1v) is 8.36. The van der Waals surface area contributed by atoms with Gasteiger partial charge in [-0.2, -0.15) is 0 Å². The standard InChI is InChI=1S/C17H16FN3OS/c1-9-5-11(18)6-14-12(9)7-15(20-14)17(22)21-4-3-13-16(8-21)23-10(2)19-13/h5-7,20H,3-4,8H2,1-2H3. The number of rotatable bonds is 1. The molecule has 3 heterocycles. The number of aromatic nitrogens is 2. The van der Waals surface area contributed by atoms with Crippen LogP contribution in [0.25, 0.3) is 10.9 Å². The number of benzene rings is 1. The second-order valence-corrected chi connectivity index (χ2v) is 7.23. The van der Waals surface area contributed by atoms with E-state index in [1.54, 1.807) is 11.3 Å². The first-order chi connectivity index (χ1) is 11.0. The van der Waals surface area contributed by atoms with Crippen molar-refractivity contribution in [3.63, 3.8) is 0 Å². The van der Waals surface area contributed by atoms with Crippen molar-refractivity contribution in [2.24, 2.45) is 0 Å². The summed E-state index contributed by atoms with van der Waals surface area (Å²) in [5.74, 6) is -0.337. The van der Waals surface area contributed by atoms with Crippen molar-refractivity contribution in [2.75, 3.05) is 6.54 Å². The zero-order valence-electron chi connectivity index (χ0n) is 12.9. The number of hydrogen-bond donors (Lipinski definition) is 1. The van der Waals surface area contributed by atoms with Gasteiger partial charge in [0.05, 0.1) is 17.2 Å². The van der Waals surface area contributed by atoms with Crippen LogP contribution >= 0.6 is 11.3 Å². The molecule has 1 amide bonds. The summed E-state index contributed by atoms with van der Waals surface area (Å²) in [4.78, 5) is 23.3. The molecule has 0 bridgehead atoms. The van der Waals surface area contributed by atoms with E-state index in [4.69, 9.17) is 0 Å². The Hall–Kier alpha value is -2.21. The van der Waals surface area contributed by atoms with E-state index in [-0.39, 0.29) is 11.7 Å². The molecular formula is C17H16FN3OS. The Balaban J connectivity index is 1.66.